The van der Waals surface area contributed by atoms with E-state index in [0.717, 1.165) is 25.4 Å². The Morgan fingerprint density at radius 1 is 1.12 bits per heavy atom. The van der Waals surface area contributed by atoms with E-state index >= 15 is 0 Å². The Labute approximate surface area is 147 Å². The Kier molecular flexibility index (Phi) is 6.20. The zero-order valence-corrected chi connectivity index (χ0v) is 15.7. The van der Waals surface area contributed by atoms with Gasteiger partial charge in [-0.05, 0) is 76.8 Å². The first-order valence-corrected chi connectivity index (χ1v) is 10.2. The molecular formula is C20H36N2O2. The standard InChI is InChI=1S/C20H36N2O2/c1-16(2)21-19(23)18-8-9-20(15-24-18)10-12-22(13-11-20)14-17-6-4-3-5-7-17/h16-18H,3-15H2,1-2H3,(H,21,23). The van der Waals surface area contributed by atoms with Crippen LogP contribution < -0.4 is 5.32 Å². The number of piperidine rings is 1. The fraction of sp³-hybridized carbons (Fsp3) is 0.950. The Morgan fingerprint density at radius 2 is 1.83 bits per heavy atom. The molecule has 1 amide bonds. The Hall–Kier alpha value is -0.610. The van der Waals surface area contributed by atoms with Gasteiger partial charge in [0.25, 0.3) is 0 Å². The summed E-state index contributed by atoms with van der Waals surface area (Å²) in [5.74, 6) is 1.02. The molecule has 3 rings (SSSR count). The summed E-state index contributed by atoms with van der Waals surface area (Å²) in [5.41, 5.74) is 0.345. The number of likely N-dealkylation sites (tertiary alicyclic amines) is 1. The smallest absolute Gasteiger partial charge is 0.249 e. The quantitative estimate of drug-likeness (QED) is 0.856. The molecule has 4 heteroatoms. The summed E-state index contributed by atoms with van der Waals surface area (Å²) >= 11 is 0. The lowest BCUT2D eigenvalue weighted by Gasteiger charge is -2.46. The molecule has 1 spiro atoms. The SMILES string of the molecule is CC(C)NC(=O)C1CCC2(CCN(CC3CCCCC3)CC2)CO1. The molecule has 24 heavy (non-hydrogen) atoms. The van der Waals surface area contributed by atoms with Crippen molar-refractivity contribution in [1.29, 1.82) is 0 Å². The highest BCUT2D eigenvalue weighted by Gasteiger charge is 2.40. The largest absolute Gasteiger partial charge is 0.368 e. The van der Waals surface area contributed by atoms with Gasteiger partial charge in [0, 0.05) is 12.6 Å². The Morgan fingerprint density at radius 3 is 2.42 bits per heavy atom. The van der Waals surface area contributed by atoms with Crippen LogP contribution in [-0.4, -0.2) is 49.2 Å². The van der Waals surface area contributed by atoms with Gasteiger partial charge in [-0.15, -0.1) is 0 Å². The monoisotopic (exact) mass is 336 g/mol. The lowest BCUT2D eigenvalue weighted by molar-refractivity contribution is -0.145. The minimum Gasteiger partial charge on any atom is -0.368 e. The summed E-state index contributed by atoms with van der Waals surface area (Å²) in [4.78, 5) is 14.8. The summed E-state index contributed by atoms with van der Waals surface area (Å²) in [6, 6.07) is 0.194. The fourth-order valence-electron chi connectivity index (χ4n) is 4.79. The average molecular weight is 337 g/mol. The second-order valence-electron chi connectivity index (χ2n) is 8.81. The van der Waals surface area contributed by atoms with E-state index in [-0.39, 0.29) is 18.1 Å². The second kappa shape index (κ2) is 8.18. The number of carbonyl (C=O) groups excluding carboxylic acids is 1. The van der Waals surface area contributed by atoms with E-state index in [0.29, 0.717) is 5.41 Å². The van der Waals surface area contributed by atoms with E-state index in [9.17, 15) is 4.79 Å². The molecule has 2 saturated heterocycles. The second-order valence-corrected chi connectivity index (χ2v) is 8.81. The molecule has 138 valence electrons. The van der Waals surface area contributed by atoms with E-state index in [4.69, 9.17) is 4.74 Å². The first-order chi connectivity index (χ1) is 11.6. The molecule has 3 aliphatic rings. The summed E-state index contributed by atoms with van der Waals surface area (Å²) in [5, 5.41) is 2.98. The van der Waals surface area contributed by atoms with Crippen molar-refractivity contribution >= 4 is 5.91 Å². The molecule has 1 saturated carbocycles. The molecule has 0 aromatic rings. The van der Waals surface area contributed by atoms with Crippen molar-refractivity contribution in [3.8, 4) is 0 Å². The molecule has 1 aliphatic carbocycles. The summed E-state index contributed by atoms with van der Waals surface area (Å²) in [6.45, 7) is 8.55. The number of nitrogens with one attached hydrogen (secondary N) is 1. The van der Waals surface area contributed by atoms with Crippen LogP contribution in [-0.2, 0) is 9.53 Å². The number of nitrogens with zero attached hydrogens (tertiary/aromatic N) is 1. The number of ether oxygens (including phenoxy) is 1. The average Bonchev–Trinajstić information content (AvgIpc) is 2.58. The minimum atomic E-state index is -0.224. The van der Waals surface area contributed by atoms with E-state index in [1.165, 1.54) is 64.6 Å². The van der Waals surface area contributed by atoms with Gasteiger partial charge in [0.15, 0.2) is 0 Å². The van der Waals surface area contributed by atoms with Crippen LogP contribution in [0.5, 0.6) is 0 Å². The van der Waals surface area contributed by atoms with Crippen molar-refractivity contribution in [1.82, 2.24) is 10.2 Å². The van der Waals surface area contributed by atoms with Gasteiger partial charge < -0.3 is 15.0 Å². The number of amides is 1. The molecule has 2 heterocycles. The third-order valence-corrected chi connectivity index (χ3v) is 6.41. The predicted molar refractivity (Wildman–Crippen MR) is 96.9 cm³/mol. The summed E-state index contributed by atoms with van der Waals surface area (Å²) in [6.07, 6.45) is 11.5. The molecule has 1 N–H and O–H groups in total. The molecule has 0 bridgehead atoms. The third kappa shape index (κ3) is 4.72. The summed E-state index contributed by atoms with van der Waals surface area (Å²) < 4.78 is 5.99. The van der Waals surface area contributed by atoms with Gasteiger partial charge in [-0.2, -0.15) is 0 Å². The zero-order valence-electron chi connectivity index (χ0n) is 15.7. The Bertz CT molecular complexity index is 400. The molecule has 0 aromatic heterocycles. The van der Waals surface area contributed by atoms with Crippen molar-refractivity contribution in [2.75, 3.05) is 26.2 Å². The predicted octanol–water partition coefficient (Wildman–Crippen LogP) is 3.35. The third-order valence-electron chi connectivity index (χ3n) is 6.41. The van der Waals surface area contributed by atoms with E-state index in [2.05, 4.69) is 10.2 Å². The van der Waals surface area contributed by atoms with Crippen molar-refractivity contribution < 1.29 is 9.53 Å². The van der Waals surface area contributed by atoms with Crippen molar-refractivity contribution in [3.05, 3.63) is 0 Å². The van der Waals surface area contributed by atoms with Gasteiger partial charge in [0.1, 0.15) is 6.10 Å². The molecule has 0 aromatic carbocycles. The molecular weight excluding hydrogens is 300 g/mol. The van der Waals surface area contributed by atoms with Crippen LogP contribution in [0.15, 0.2) is 0 Å². The van der Waals surface area contributed by atoms with Crippen molar-refractivity contribution in [2.45, 2.75) is 83.8 Å². The van der Waals surface area contributed by atoms with Crippen molar-refractivity contribution in [2.24, 2.45) is 11.3 Å². The van der Waals surface area contributed by atoms with Gasteiger partial charge in [0.2, 0.25) is 5.91 Å². The van der Waals surface area contributed by atoms with Gasteiger partial charge in [0.05, 0.1) is 6.61 Å². The maximum absolute atomic E-state index is 12.1. The van der Waals surface area contributed by atoms with Crippen LogP contribution in [0.2, 0.25) is 0 Å². The maximum atomic E-state index is 12.1. The van der Waals surface area contributed by atoms with Crippen molar-refractivity contribution in [3.63, 3.8) is 0 Å². The summed E-state index contributed by atoms with van der Waals surface area (Å²) in [7, 11) is 0. The minimum absolute atomic E-state index is 0.0783. The lowest BCUT2D eigenvalue weighted by atomic mass is 9.73. The first kappa shape index (κ1) is 18.2. The highest BCUT2D eigenvalue weighted by molar-refractivity contribution is 5.81. The number of carbonyl (C=O) groups is 1. The van der Waals surface area contributed by atoms with Crippen LogP contribution >= 0.6 is 0 Å². The van der Waals surface area contributed by atoms with Crippen LogP contribution in [0.25, 0.3) is 0 Å². The van der Waals surface area contributed by atoms with Gasteiger partial charge in [-0.1, -0.05) is 19.3 Å². The maximum Gasteiger partial charge on any atom is 0.249 e. The van der Waals surface area contributed by atoms with Crippen LogP contribution in [0, 0.1) is 11.3 Å². The van der Waals surface area contributed by atoms with E-state index < -0.39 is 0 Å². The van der Waals surface area contributed by atoms with E-state index in [1.807, 2.05) is 13.8 Å². The van der Waals surface area contributed by atoms with Crippen LogP contribution in [0.1, 0.15) is 71.6 Å². The topological polar surface area (TPSA) is 41.6 Å². The van der Waals surface area contributed by atoms with Gasteiger partial charge in [-0.25, -0.2) is 0 Å². The normalized spacial score (nSPS) is 29.0. The number of rotatable bonds is 4. The lowest BCUT2D eigenvalue weighted by Crippen LogP contribution is -2.50. The first-order valence-electron chi connectivity index (χ1n) is 10.2. The van der Waals surface area contributed by atoms with Crippen LogP contribution in [0.3, 0.4) is 0 Å². The molecule has 2 aliphatic heterocycles. The van der Waals surface area contributed by atoms with E-state index in [1.54, 1.807) is 0 Å². The highest BCUT2D eigenvalue weighted by Crippen LogP contribution is 2.41. The molecule has 1 unspecified atom stereocenters. The zero-order chi connectivity index (χ0) is 17.0. The number of hydrogen-bond donors (Lipinski definition) is 1. The molecule has 3 fully saturated rings. The molecule has 0 radical (unpaired) electrons. The van der Waals surface area contributed by atoms with Gasteiger partial charge in [-0.3, -0.25) is 4.79 Å². The Balaban J connectivity index is 1.41. The highest BCUT2D eigenvalue weighted by atomic mass is 16.5. The fourth-order valence-corrected chi connectivity index (χ4v) is 4.79. The number of hydrogen-bond acceptors (Lipinski definition) is 3. The van der Waals surface area contributed by atoms with Gasteiger partial charge >= 0.3 is 0 Å². The molecule has 1 atom stereocenters. The molecule has 4 nitrogen and oxygen atoms in total. The van der Waals surface area contributed by atoms with Crippen LogP contribution in [0.4, 0.5) is 0 Å².